The van der Waals surface area contributed by atoms with E-state index in [0.29, 0.717) is 28.8 Å². The number of hydrogen-bond acceptors (Lipinski definition) is 18. The molecule has 1 saturated heterocycles. The van der Waals surface area contributed by atoms with Gasteiger partial charge in [0, 0.05) is 82.2 Å². The number of likely N-dealkylation sites (tertiary alicyclic amines) is 1. The minimum atomic E-state index is -5.26. The zero-order valence-corrected chi connectivity index (χ0v) is 59.1. The molecule has 3 unspecified atom stereocenters. The van der Waals surface area contributed by atoms with Crippen LogP contribution >= 0.6 is 0 Å². The van der Waals surface area contributed by atoms with Crippen LogP contribution in [0.3, 0.4) is 0 Å². The maximum absolute atomic E-state index is 13.9. The quantitative estimate of drug-likeness (QED) is 0.0165. The third-order valence-corrected chi connectivity index (χ3v) is 13.5. The molecule has 0 saturated carbocycles. The van der Waals surface area contributed by atoms with E-state index in [4.69, 9.17) is 19.7 Å². The number of carboxylic acid groups (broad SMARTS) is 1. The number of alkyl halides is 2. The molecule has 1 aliphatic rings. The van der Waals surface area contributed by atoms with Crippen molar-refractivity contribution in [3.63, 3.8) is 0 Å². The van der Waals surface area contributed by atoms with E-state index >= 15 is 0 Å². The molecule has 1 aliphatic heterocycles. The van der Waals surface area contributed by atoms with Gasteiger partial charge in [-0.25, -0.2) is 8.78 Å². The molecule has 2 heterocycles. The Morgan fingerprint density at radius 1 is 0.837 bits per heavy atom. The predicted octanol–water partition coefficient (Wildman–Crippen LogP) is 5.38. The summed E-state index contributed by atoms with van der Waals surface area (Å²) in [5, 5.41) is 38.2. The SMILES string of the molecule is CCC(C)CC=O.CCCCCN(CCC)CC(=O)NCCNC(=O)CCC(NC(=O)Cc1ccc(OS(=O)(=O)F)cc1)C(=O)NCCOc1ccc2nccc(C(=O)NCC(=O)N3CC(F)(F)CC3C#N)c2c1.CCCN(CCC)CC(=O)O.CC[C-]=O.CO.[U]. The second kappa shape index (κ2) is 50.8. The number of fused-ring (bicyclic) bond motifs is 1. The van der Waals surface area contributed by atoms with Crippen molar-refractivity contribution in [2.45, 2.75) is 150 Å². The Kier molecular flexibility index (Phi) is 48.2. The number of amides is 6. The normalized spacial score (nSPS) is 13.3. The van der Waals surface area contributed by atoms with Gasteiger partial charge in [0.25, 0.3) is 11.8 Å². The number of nitrogens with zero attached hydrogens (tertiary/aromatic N) is 5. The summed E-state index contributed by atoms with van der Waals surface area (Å²) in [6.45, 7) is 16.6. The summed E-state index contributed by atoms with van der Waals surface area (Å²) < 4.78 is 72.2. The van der Waals surface area contributed by atoms with Crippen LogP contribution in [0.1, 0.15) is 141 Å². The first kappa shape index (κ1) is 87.3. The van der Waals surface area contributed by atoms with Gasteiger partial charge in [0.2, 0.25) is 29.5 Å². The second-order valence-corrected chi connectivity index (χ2v) is 21.8. The molecule has 0 aliphatic carbocycles. The second-order valence-electron chi connectivity index (χ2n) is 20.8. The number of carbonyl (C=O) groups excluding carboxylic acids is 8. The third kappa shape index (κ3) is 39.6. The first-order chi connectivity index (χ1) is 43.3. The number of aldehydes is 1. The topological polar surface area (TPSA) is 353 Å². The molecule has 0 spiro atoms. The molecule has 0 radical (unpaired) electrons. The van der Waals surface area contributed by atoms with Crippen LogP contribution in [0.5, 0.6) is 11.5 Å². The molecule has 6 amide bonds. The Balaban J connectivity index is 0. The number of nitrogens with one attached hydrogen (secondary N) is 5. The van der Waals surface area contributed by atoms with E-state index in [1.807, 2.05) is 11.8 Å². The standard InChI is InChI=1S/C44H56F3N9O10S.C8H17NO2.C6H12O.C3H5O.CH4O.U/c1-3-5-6-21-55(20-4-2)28-40(59)51-18-17-50-38(57)14-13-37(54-39(58)23-30-7-9-32(10-8-30)66-67(47,63)64)43(62)52-19-22-65-33-11-12-36-35(24-33)34(15-16-49-36)42(61)53-27-41(60)56-29-44(45,46)25-31(56)26-48;1-3-5-9(6-4-2)7-8(10)11;1-3-6(2)4-5-7;1-2-3-4;1-2;/h7-12,15-16,24,31,37H,3-6,13-14,17-23,25,27-29H2,1-2H3,(H,50,57)(H,51,59)(H,52,62)(H,53,61)(H,54,58);3-7H2,1-2H3,(H,10,11);5-6H,3-4H2,1-2H3;2H2,1H3;2H,1H3;/q;;;-1;;. The van der Waals surface area contributed by atoms with Crippen LogP contribution in [0.4, 0.5) is 12.7 Å². The number of carbonyl (C=O) groups is 8. The maximum Gasteiger partial charge on any atom is 0.488 e. The molecule has 514 valence electrons. The Morgan fingerprint density at radius 3 is 1.97 bits per heavy atom. The van der Waals surface area contributed by atoms with Gasteiger partial charge in [0.1, 0.15) is 36.5 Å². The number of aromatic nitrogens is 1. The summed E-state index contributed by atoms with van der Waals surface area (Å²) >= 11 is 0. The van der Waals surface area contributed by atoms with Crippen molar-refractivity contribution in [1.82, 2.24) is 46.3 Å². The molecule has 92 heavy (non-hydrogen) atoms. The molecule has 30 heteroatoms. The molecular formula is C62H94F3N10O15SU-. The molecule has 1 aromatic heterocycles. The zero-order chi connectivity index (χ0) is 68.8. The number of hydrogen-bond donors (Lipinski definition) is 7. The fourth-order valence-electron chi connectivity index (χ4n) is 8.53. The molecule has 1 fully saturated rings. The van der Waals surface area contributed by atoms with E-state index in [0.717, 1.165) is 108 Å². The van der Waals surface area contributed by atoms with Crippen molar-refractivity contribution >= 4 is 75.4 Å². The van der Waals surface area contributed by atoms with E-state index < -0.39 is 83.5 Å². The molecular weight excluding hydrogens is 1450 g/mol. The van der Waals surface area contributed by atoms with Crippen LogP contribution in [-0.2, 0) is 55.3 Å². The number of carboxylic acids is 1. The molecule has 3 aromatic rings. The Hall–Kier alpha value is -6.76. The van der Waals surface area contributed by atoms with E-state index in [1.54, 1.807) is 31.4 Å². The molecule has 25 nitrogen and oxygen atoms in total. The number of aliphatic hydroxyl groups is 1. The molecule has 3 atom stereocenters. The van der Waals surface area contributed by atoms with E-state index in [-0.39, 0.29) is 113 Å². The van der Waals surface area contributed by atoms with Crippen LogP contribution in [0.25, 0.3) is 10.9 Å². The van der Waals surface area contributed by atoms with Crippen LogP contribution in [0.15, 0.2) is 54.7 Å². The van der Waals surface area contributed by atoms with Gasteiger partial charge in [0.05, 0.1) is 56.3 Å². The Morgan fingerprint density at radius 2 is 1.43 bits per heavy atom. The number of pyridine rings is 1. The Labute approximate surface area is 563 Å². The van der Waals surface area contributed by atoms with E-state index in [9.17, 15) is 64.7 Å². The smallest absolute Gasteiger partial charge is 0.488 e. The average molecular weight is 1550 g/mol. The van der Waals surface area contributed by atoms with Crippen LogP contribution in [-0.4, -0.2) is 196 Å². The summed E-state index contributed by atoms with van der Waals surface area (Å²) in [6, 6.07) is 10.1. The molecule has 7 N–H and O–H groups in total. The molecule has 4 rings (SSSR count). The summed E-state index contributed by atoms with van der Waals surface area (Å²) in [4.78, 5) is 116. The number of ether oxygens (including phenoxy) is 1. The van der Waals surface area contributed by atoms with Crippen LogP contribution in [0, 0.1) is 48.4 Å². The first-order valence-corrected chi connectivity index (χ1v) is 31.7. The number of aliphatic carboxylic acids is 1. The number of benzene rings is 2. The maximum atomic E-state index is 13.9. The Bertz CT molecular complexity index is 2840. The number of unbranched alkanes of at least 4 members (excludes halogenated alkanes) is 2. The summed E-state index contributed by atoms with van der Waals surface area (Å²) in [7, 11) is -4.26. The minimum absolute atomic E-state index is 0. The summed E-state index contributed by atoms with van der Waals surface area (Å²) in [5.74, 6) is -6.86. The third-order valence-electron chi connectivity index (χ3n) is 13.1. The molecule has 0 bridgehead atoms. The zero-order valence-electron chi connectivity index (χ0n) is 54.2. The van der Waals surface area contributed by atoms with Crippen molar-refractivity contribution in [2.24, 2.45) is 5.92 Å². The van der Waals surface area contributed by atoms with Crippen molar-refractivity contribution < 1.29 is 114 Å². The average Bonchev–Trinajstić information content (AvgIpc) is 1.42. The number of halogens is 3. The van der Waals surface area contributed by atoms with Gasteiger partial charge in [-0.15, -0.1) is 0 Å². The van der Waals surface area contributed by atoms with Gasteiger partial charge < -0.3 is 60.2 Å². The first-order valence-electron chi connectivity index (χ1n) is 30.4. The minimum Gasteiger partial charge on any atom is -0.542 e. The summed E-state index contributed by atoms with van der Waals surface area (Å²) in [6.07, 6.45) is 11.1. The molecule has 2 aromatic carbocycles. The monoisotopic (exact) mass is 1550 g/mol. The van der Waals surface area contributed by atoms with Crippen LogP contribution < -0.4 is 35.5 Å². The fourth-order valence-corrected chi connectivity index (χ4v) is 8.87. The van der Waals surface area contributed by atoms with Crippen molar-refractivity contribution in [3.05, 3.63) is 65.9 Å². The van der Waals surface area contributed by atoms with E-state index in [2.05, 4.69) is 75.3 Å². The predicted molar refractivity (Wildman–Crippen MR) is 336 cm³/mol. The largest absolute Gasteiger partial charge is 0.542 e. The summed E-state index contributed by atoms with van der Waals surface area (Å²) in [5.41, 5.74) is 0.853. The van der Waals surface area contributed by atoms with Crippen molar-refractivity contribution in [2.75, 3.05) is 85.7 Å². The van der Waals surface area contributed by atoms with Gasteiger partial charge >= 0.3 is 16.5 Å². The van der Waals surface area contributed by atoms with Gasteiger partial charge in [-0.2, -0.15) is 20.1 Å². The number of aliphatic hydroxyl groups excluding tert-OH is 1. The fraction of sp³-hybridized carbons (Fsp3) is 0.597. The van der Waals surface area contributed by atoms with Gasteiger partial charge in [-0.1, -0.05) is 83.7 Å². The van der Waals surface area contributed by atoms with Crippen molar-refractivity contribution in [3.8, 4) is 17.6 Å². The van der Waals surface area contributed by atoms with Crippen molar-refractivity contribution in [1.29, 1.82) is 5.26 Å². The van der Waals surface area contributed by atoms with Gasteiger partial charge in [0.15, 0.2) is 0 Å². The van der Waals surface area contributed by atoms with E-state index in [1.165, 1.54) is 30.5 Å². The number of rotatable bonds is 37. The number of nitriles is 1. The van der Waals surface area contributed by atoms with Gasteiger partial charge in [-0.3, -0.25) is 54.6 Å². The van der Waals surface area contributed by atoms with Gasteiger partial charge in [-0.05, 0) is 106 Å². The van der Waals surface area contributed by atoms with Crippen LogP contribution in [0.2, 0.25) is 0 Å².